The molecule has 1 aromatic heterocycles. The predicted molar refractivity (Wildman–Crippen MR) is 156 cm³/mol. The van der Waals surface area contributed by atoms with Gasteiger partial charge in [-0.2, -0.15) is 10.1 Å². The number of rotatable bonds is 7. The monoisotopic (exact) mass is 513 g/mol. The molecule has 0 bridgehead atoms. The first-order chi connectivity index (χ1) is 19.0. The second kappa shape index (κ2) is 10.1. The summed E-state index contributed by atoms with van der Waals surface area (Å²) in [5.74, 6) is -1.71. The van der Waals surface area contributed by atoms with Crippen molar-refractivity contribution in [3.05, 3.63) is 114 Å². The summed E-state index contributed by atoms with van der Waals surface area (Å²) in [6.45, 7) is 2.20. The van der Waals surface area contributed by atoms with Crippen molar-refractivity contribution in [1.29, 1.82) is 0 Å². The van der Waals surface area contributed by atoms with Crippen LogP contribution in [0.25, 0.3) is 33.6 Å². The van der Waals surface area contributed by atoms with E-state index in [-0.39, 0.29) is 11.3 Å². The van der Waals surface area contributed by atoms with Gasteiger partial charge in [-0.05, 0) is 72.5 Å². The first kappa shape index (κ1) is 24.4. The quantitative estimate of drug-likeness (QED) is 0.238. The number of para-hydroxylation sites is 2. The van der Waals surface area contributed by atoms with Gasteiger partial charge in [0.25, 0.3) is 5.91 Å². The normalized spacial score (nSPS) is 14.5. The number of benzene rings is 4. The number of hydrogen-bond acceptors (Lipinski definition) is 3. The molecule has 0 unspecified atom stereocenters. The molecule has 39 heavy (non-hydrogen) atoms. The molecular formula is C33H27N3O3. The minimum atomic E-state index is -1.24. The zero-order chi connectivity index (χ0) is 26.9. The number of carboxylic acids is 1. The van der Waals surface area contributed by atoms with E-state index < -0.39 is 11.9 Å². The van der Waals surface area contributed by atoms with Crippen molar-refractivity contribution >= 4 is 51.2 Å². The Labute approximate surface area is 226 Å². The molecule has 1 aliphatic rings. The molecule has 6 rings (SSSR count). The van der Waals surface area contributed by atoms with Crippen molar-refractivity contribution in [3.8, 4) is 5.69 Å². The maximum Gasteiger partial charge on any atom is 0.357 e. The van der Waals surface area contributed by atoms with E-state index >= 15 is 0 Å². The molecule has 0 atom stereocenters. The van der Waals surface area contributed by atoms with Crippen molar-refractivity contribution in [3.63, 3.8) is 0 Å². The number of aromatic nitrogens is 1. The zero-order valence-corrected chi connectivity index (χ0v) is 21.5. The van der Waals surface area contributed by atoms with Gasteiger partial charge in [0.15, 0.2) is 5.71 Å². The molecule has 0 fully saturated rings. The summed E-state index contributed by atoms with van der Waals surface area (Å²) in [5.41, 5.74) is 5.56. The fraction of sp³-hybridized carbons (Fsp3) is 0.121. The zero-order valence-electron chi connectivity index (χ0n) is 21.5. The highest BCUT2D eigenvalue weighted by molar-refractivity contribution is 6.53. The van der Waals surface area contributed by atoms with Crippen LogP contribution in [-0.2, 0) is 16.0 Å². The first-order valence-electron chi connectivity index (χ1n) is 13.1. The largest absolute Gasteiger partial charge is 0.476 e. The van der Waals surface area contributed by atoms with Gasteiger partial charge in [0, 0.05) is 16.5 Å². The molecule has 0 saturated carbocycles. The molecule has 192 valence electrons. The molecule has 6 heteroatoms. The molecule has 1 aliphatic heterocycles. The van der Waals surface area contributed by atoms with Crippen molar-refractivity contribution in [2.75, 3.05) is 5.01 Å². The van der Waals surface area contributed by atoms with Crippen molar-refractivity contribution in [2.45, 2.75) is 26.2 Å². The molecule has 4 aromatic carbocycles. The molecule has 2 heterocycles. The van der Waals surface area contributed by atoms with E-state index in [4.69, 9.17) is 0 Å². The van der Waals surface area contributed by atoms with Crippen LogP contribution < -0.4 is 5.01 Å². The summed E-state index contributed by atoms with van der Waals surface area (Å²) in [4.78, 5) is 25.3. The van der Waals surface area contributed by atoms with Gasteiger partial charge in [0.05, 0.1) is 22.3 Å². The van der Waals surface area contributed by atoms with E-state index in [1.807, 2.05) is 36.4 Å². The van der Waals surface area contributed by atoms with E-state index in [0.717, 1.165) is 44.5 Å². The molecule has 1 amide bonds. The topological polar surface area (TPSA) is 74.9 Å². The minimum absolute atomic E-state index is 0.0529. The third-order valence-electron chi connectivity index (χ3n) is 7.10. The number of nitrogens with zero attached hydrogens (tertiary/aromatic N) is 3. The van der Waals surface area contributed by atoms with Crippen LogP contribution in [0, 0.1) is 0 Å². The van der Waals surface area contributed by atoms with Gasteiger partial charge in [0.2, 0.25) is 0 Å². The molecular weight excluding hydrogens is 486 g/mol. The number of aryl methyl sites for hydroxylation is 1. The molecule has 0 spiro atoms. The lowest BCUT2D eigenvalue weighted by molar-refractivity contribution is -0.129. The van der Waals surface area contributed by atoms with Crippen LogP contribution >= 0.6 is 0 Å². The van der Waals surface area contributed by atoms with Gasteiger partial charge in [-0.25, -0.2) is 4.79 Å². The predicted octanol–water partition coefficient (Wildman–Crippen LogP) is 7.00. The third-order valence-corrected chi connectivity index (χ3v) is 7.10. The molecule has 0 saturated heterocycles. The molecule has 0 radical (unpaired) electrons. The summed E-state index contributed by atoms with van der Waals surface area (Å²) in [6.07, 6.45) is 5.03. The van der Waals surface area contributed by atoms with Crippen LogP contribution in [0.3, 0.4) is 0 Å². The van der Waals surface area contributed by atoms with Gasteiger partial charge in [-0.1, -0.05) is 67.9 Å². The van der Waals surface area contributed by atoms with Crippen molar-refractivity contribution in [2.24, 2.45) is 5.10 Å². The standard InChI is InChI=1S/C33H27N3O3/c1-2-3-9-22-14-17-24(18-15-22)35-29-13-8-7-12-26(29)27-20-23(16-19-30(27)35)21-28-31(33(38)39)34-36(32(28)37)25-10-5-4-6-11-25/h4-8,10-21H,2-3,9H2,1H3,(H,38,39). The van der Waals surface area contributed by atoms with E-state index in [0.29, 0.717) is 5.69 Å². The number of amides is 1. The number of unbranched alkanes of at least 4 members (excludes halogenated alkanes) is 1. The van der Waals surface area contributed by atoms with Gasteiger partial charge >= 0.3 is 5.97 Å². The summed E-state index contributed by atoms with van der Waals surface area (Å²) in [7, 11) is 0. The highest BCUT2D eigenvalue weighted by Gasteiger charge is 2.35. The lowest BCUT2D eigenvalue weighted by Gasteiger charge is -2.11. The molecule has 0 aliphatic carbocycles. The number of carboxylic acid groups (broad SMARTS) is 1. The number of hydrogen-bond donors (Lipinski definition) is 1. The van der Waals surface area contributed by atoms with Gasteiger partial charge < -0.3 is 9.67 Å². The average Bonchev–Trinajstić information content (AvgIpc) is 3.47. The van der Waals surface area contributed by atoms with E-state index in [2.05, 4.69) is 53.0 Å². The smallest absolute Gasteiger partial charge is 0.357 e. The Bertz CT molecular complexity index is 1780. The number of carbonyl (C=O) groups excluding carboxylic acids is 1. The van der Waals surface area contributed by atoms with Gasteiger partial charge in [-0.15, -0.1) is 0 Å². The van der Waals surface area contributed by atoms with Gasteiger partial charge in [0.1, 0.15) is 0 Å². The van der Waals surface area contributed by atoms with Crippen LogP contribution in [0.2, 0.25) is 0 Å². The van der Waals surface area contributed by atoms with Crippen molar-refractivity contribution in [1.82, 2.24) is 4.57 Å². The SMILES string of the molecule is CCCCc1ccc(-n2c3ccccc3c3cc(C=C4C(=O)N(c5ccccc5)N=C4C(=O)O)ccc32)cc1. The van der Waals surface area contributed by atoms with E-state index in [1.165, 1.54) is 18.4 Å². The Balaban J connectivity index is 1.44. The Hall–Kier alpha value is -4.97. The Morgan fingerprint density at radius 2 is 1.56 bits per heavy atom. The fourth-order valence-corrected chi connectivity index (χ4v) is 5.16. The van der Waals surface area contributed by atoms with E-state index in [1.54, 1.807) is 30.3 Å². The number of fused-ring (bicyclic) bond motifs is 3. The number of hydrazone groups is 1. The minimum Gasteiger partial charge on any atom is -0.476 e. The fourth-order valence-electron chi connectivity index (χ4n) is 5.16. The van der Waals surface area contributed by atoms with Crippen LogP contribution in [0.5, 0.6) is 0 Å². The summed E-state index contributed by atoms with van der Waals surface area (Å²) in [5, 5.41) is 17.2. The van der Waals surface area contributed by atoms with Crippen molar-refractivity contribution < 1.29 is 14.7 Å². The number of aliphatic carboxylic acids is 1. The van der Waals surface area contributed by atoms with Crippen LogP contribution in [-0.4, -0.2) is 27.3 Å². The van der Waals surface area contributed by atoms with E-state index in [9.17, 15) is 14.7 Å². The third kappa shape index (κ3) is 4.40. The second-order valence-electron chi connectivity index (χ2n) is 9.66. The summed E-state index contributed by atoms with van der Waals surface area (Å²) < 4.78 is 2.24. The Kier molecular flexibility index (Phi) is 6.29. The number of anilines is 1. The lowest BCUT2D eigenvalue weighted by atomic mass is 10.0. The summed E-state index contributed by atoms with van der Waals surface area (Å²) >= 11 is 0. The first-order valence-corrected chi connectivity index (χ1v) is 13.1. The van der Waals surface area contributed by atoms with Crippen LogP contribution in [0.15, 0.2) is 108 Å². The molecule has 6 nitrogen and oxygen atoms in total. The maximum atomic E-state index is 13.3. The van der Waals surface area contributed by atoms with Crippen LogP contribution in [0.4, 0.5) is 5.69 Å². The van der Waals surface area contributed by atoms with Gasteiger partial charge in [-0.3, -0.25) is 4.79 Å². The lowest BCUT2D eigenvalue weighted by Crippen LogP contribution is -2.22. The highest BCUT2D eigenvalue weighted by Crippen LogP contribution is 2.34. The number of carbonyl (C=O) groups is 2. The Morgan fingerprint density at radius 1 is 0.846 bits per heavy atom. The molecule has 5 aromatic rings. The average molecular weight is 514 g/mol. The maximum absolute atomic E-state index is 13.3. The molecule has 1 N–H and O–H groups in total. The second-order valence-corrected chi connectivity index (χ2v) is 9.66. The van der Waals surface area contributed by atoms with Crippen LogP contribution in [0.1, 0.15) is 30.9 Å². The summed E-state index contributed by atoms with van der Waals surface area (Å²) in [6, 6.07) is 31.7. The Morgan fingerprint density at radius 3 is 2.31 bits per heavy atom. The highest BCUT2D eigenvalue weighted by atomic mass is 16.4.